The average Bonchev–Trinajstić information content (AvgIpc) is 3.25. The van der Waals surface area contributed by atoms with Gasteiger partial charge in [-0.3, -0.25) is 9.59 Å². The number of nitrogens with one attached hydrogen (secondary N) is 1. The van der Waals surface area contributed by atoms with Crippen LogP contribution in [0.15, 0.2) is 90.1 Å². The lowest BCUT2D eigenvalue weighted by molar-refractivity contribution is 0.0939. The minimum atomic E-state index is -0.532. The van der Waals surface area contributed by atoms with Crippen molar-refractivity contribution in [1.82, 2.24) is 19.4 Å². The fourth-order valence-corrected chi connectivity index (χ4v) is 3.57. The van der Waals surface area contributed by atoms with Crippen LogP contribution in [-0.4, -0.2) is 27.1 Å². The molecule has 0 bridgehead atoms. The van der Waals surface area contributed by atoms with Crippen molar-refractivity contribution in [2.75, 3.05) is 7.11 Å². The Hall–Kier alpha value is -4.13. The molecule has 0 radical (unpaired) electrons. The lowest BCUT2D eigenvalue weighted by Crippen LogP contribution is -2.36. The van der Waals surface area contributed by atoms with Gasteiger partial charge in [0.05, 0.1) is 13.7 Å². The molecular weight excluding hydrogens is 404 g/mol. The summed E-state index contributed by atoms with van der Waals surface area (Å²) in [5.74, 6) is 0.913. The number of nitrogens with zero attached hydrogens (tertiary/aromatic N) is 3. The van der Waals surface area contributed by atoms with Gasteiger partial charge in [0.1, 0.15) is 23.2 Å². The van der Waals surface area contributed by atoms with Crippen molar-refractivity contribution >= 4 is 5.91 Å². The summed E-state index contributed by atoms with van der Waals surface area (Å²) >= 11 is 0. The second kappa shape index (κ2) is 9.34. The van der Waals surface area contributed by atoms with Crippen molar-refractivity contribution in [3.8, 4) is 5.75 Å². The van der Waals surface area contributed by atoms with Gasteiger partial charge in [-0.25, -0.2) is 4.98 Å². The first-order valence-electron chi connectivity index (χ1n) is 10.2. The summed E-state index contributed by atoms with van der Waals surface area (Å²) in [7, 11) is 3.46. The average molecular weight is 428 g/mol. The molecule has 7 heteroatoms. The van der Waals surface area contributed by atoms with Gasteiger partial charge in [0.15, 0.2) is 0 Å². The van der Waals surface area contributed by atoms with E-state index in [-0.39, 0.29) is 11.1 Å². The maximum atomic E-state index is 13.2. The summed E-state index contributed by atoms with van der Waals surface area (Å²) in [6.07, 6.45) is 5.17. The number of rotatable bonds is 7. The van der Waals surface area contributed by atoms with Crippen LogP contribution in [0.1, 0.15) is 33.4 Å². The van der Waals surface area contributed by atoms with E-state index in [1.54, 1.807) is 31.6 Å². The summed E-state index contributed by atoms with van der Waals surface area (Å²) in [5, 5.41) is 2.99. The fraction of sp³-hybridized carbons (Fsp3) is 0.160. The normalized spacial score (nSPS) is 11.7. The van der Waals surface area contributed by atoms with E-state index in [4.69, 9.17) is 4.74 Å². The number of aromatic nitrogens is 3. The number of methoxy groups -OCH3 is 1. The molecule has 2 aromatic carbocycles. The van der Waals surface area contributed by atoms with E-state index in [1.165, 1.54) is 4.57 Å². The molecule has 0 spiro atoms. The number of amides is 1. The Kier molecular flexibility index (Phi) is 6.17. The Morgan fingerprint density at radius 3 is 2.44 bits per heavy atom. The summed E-state index contributed by atoms with van der Waals surface area (Å²) in [6, 6.07) is 19.8. The number of carbonyl (C=O) groups is 1. The van der Waals surface area contributed by atoms with Gasteiger partial charge < -0.3 is 19.2 Å². The Bertz CT molecular complexity index is 1260. The van der Waals surface area contributed by atoms with E-state index < -0.39 is 11.9 Å². The van der Waals surface area contributed by atoms with Gasteiger partial charge in [-0.1, -0.05) is 42.5 Å². The molecule has 1 N–H and O–H groups in total. The molecule has 0 aliphatic heterocycles. The number of pyridine rings is 1. The zero-order valence-corrected chi connectivity index (χ0v) is 17.9. The molecule has 1 atom stereocenters. The molecule has 0 saturated carbocycles. The largest absolute Gasteiger partial charge is 0.497 e. The highest BCUT2D eigenvalue weighted by Crippen LogP contribution is 2.23. The summed E-state index contributed by atoms with van der Waals surface area (Å²) in [5.41, 5.74) is 1.54. The third-order valence-electron chi connectivity index (χ3n) is 5.30. The predicted octanol–water partition coefficient (Wildman–Crippen LogP) is 3.16. The SMILES string of the molecule is COc1ccc(C(NC(=O)c2cccn(Cc3ccccc3)c2=O)c2nccn2C)cc1. The van der Waals surface area contributed by atoms with Crippen LogP contribution in [0.2, 0.25) is 0 Å². The minimum Gasteiger partial charge on any atom is -0.497 e. The van der Waals surface area contributed by atoms with Crippen LogP contribution in [0.3, 0.4) is 0 Å². The first-order chi connectivity index (χ1) is 15.6. The molecule has 7 nitrogen and oxygen atoms in total. The highest BCUT2D eigenvalue weighted by Gasteiger charge is 2.23. The first-order valence-corrected chi connectivity index (χ1v) is 10.2. The quantitative estimate of drug-likeness (QED) is 0.491. The molecule has 4 rings (SSSR count). The molecular formula is C25H24N4O3. The summed E-state index contributed by atoms with van der Waals surface area (Å²) < 4.78 is 8.62. The van der Waals surface area contributed by atoms with Crippen LogP contribution in [-0.2, 0) is 13.6 Å². The van der Waals surface area contributed by atoms with Gasteiger partial charge in [-0.2, -0.15) is 0 Å². The Balaban J connectivity index is 1.64. The van der Waals surface area contributed by atoms with Crippen molar-refractivity contribution in [3.63, 3.8) is 0 Å². The van der Waals surface area contributed by atoms with Crippen LogP contribution in [0.25, 0.3) is 0 Å². The first kappa shape index (κ1) is 21.1. The Morgan fingerprint density at radius 2 is 1.78 bits per heavy atom. The van der Waals surface area contributed by atoms with E-state index in [0.29, 0.717) is 18.1 Å². The molecule has 0 saturated heterocycles. The highest BCUT2D eigenvalue weighted by molar-refractivity contribution is 5.94. The molecule has 32 heavy (non-hydrogen) atoms. The number of ether oxygens (including phenoxy) is 1. The summed E-state index contributed by atoms with van der Waals surface area (Å²) in [4.78, 5) is 30.6. The van der Waals surface area contributed by atoms with Crippen LogP contribution < -0.4 is 15.6 Å². The van der Waals surface area contributed by atoms with Gasteiger partial charge in [0, 0.05) is 25.6 Å². The third kappa shape index (κ3) is 4.46. The molecule has 1 unspecified atom stereocenters. The second-order valence-electron chi connectivity index (χ2n) is 7.42. The van der Waals surface area contributed by atoms with Crippen LogP contribution in [0, 0.1) is 0 Å². The highest BCUT2D eigenvalue weighted by atomic mass is 16.5. The summed E-state index contributed by atoms with van der Waals surface area (Å²) in [6.45, 7) is 0.391. The zero-order chi connectivity index (χ0) is 22.5. The molecule has 162 valence electrons. The number of hydrogen-bond donors (Lipinski definition) is 1. The lowest BCUT2D eigenvalue weighted by atomic mass is 10.1. The van der Waals surface area contributed by atoms with Crippen molar-refractivity contribution in [1.29, 1.82) is 0 Å². The van der Waals surface area contributed by atoms with Crippen molar-refractivity contribution < 1.29 is 9.53 Å². The number of benzene rings is 2. The lowest BCUT2D eigenvalue weighted by Gasteiger charge is -2.19. The topological polar surface area (TPSA) is 78.2 Å². The fourth-order valence-electron chi connectivity index (χ4n) is 3.57. The smallest absolute Gasteiger partial charge is 0.263 e. The molecule has 4 aromatic rings. The van der Waals surface area contributed by atoms with E-state index in [2.05, 4.69) is 10.3 Å². The van der Waals surface area contributed by atoms with Gasteiger partial charge in [0.25, 0.3) is 11.5 Å². The number of imidazole rings is 1. The Morgan fingerprint density at radius 1 is 1.03 bits per heavy atom. The van der Waals surface area contributed by atoms with Gasteiger partial charge in [-0.05, 0) is 35.4 Å². The second-order valence-corrected chi connectivity index (χ2v) is 7.42. The van der Waals surface area contributed by atoms with Crippen molar-refractivity contribution in [2.45, 2.75) is 12.6 Å². The molecule has 1 amide bonds. The van der Waals surface area contributed by atoms with E-state index in [1.807, 2.05) is 72.4 Å². The van der Waals surface area contributed by atoms with E-state index >= 15 is 0 Å². The molecule has 0 fully saturated rings. The number of hydrogen-bond acceptors (Lipinski definition) is 4. The molecule has 2 aromatic heterocycles. The molecule has 2 heterocycles. The van der Waals surface area contributed by atoms with Crippen molar-refractivity contribution in [3.05, 3.63) is 118 Å². The van der Waals surface area contributed by atoms with Crippen LogP contribution in [0.5, 0.6) is 5.75 Å². The minimum absolute atomic E-state index is 0.0798. The monoisotopic (exact) mass is 428 g/mol. The standard InChI is InChI=1S/C25H24N4O3/c1-28-16-14-26-23(28)22(19-10-12-20(32-2)13-11-19)27-24(30)21-9-6-15-29(25(21)31)17-18-7-4-3-5-8-18/h3-16,22H,17H2,1-2H3,(H,27,30). The maximum Gasteiger partial charge on any atom is 0.263 e. The van der Waals surface area contributed by atoms with E-state index in [0.717, 1.165) is 11.1 Å². The molecule has 0 aliphatic rings. The van der Waals surface area contributed by atoms with Crippen molar-refractivity contribution in [2.24, 2.45) is 7.05 Å². The van der Waals surface area contributed by atoms with Crippen LogP contribution >= 0.6 is 0 Å². The van der Waals surface area contributed by atoms with Gasteiger partial charge in [-0.15, -0.1) is 0 Å². The zero-order valence-electron chi connectivity index (χ0n) is 17.9. The van der Waals surface area contributed by atoms with Gasteiger partial charge in [0.2, 0.25) is 0 Å². The third-order valence-corrected chi connectivity index (χ3v) is 5.30. The Labute approximate surface area is 185 Å². The van der Waals surface area contributed by atoms with Gasteiger partial charge >= 0.3 is 0 Å². The maximum absolute atomic E-state index is 13.2. The van der Waals surface area contributed by atoms with E-state index in [9.17, 15) is 9.59 Å². The number of aryl methyl sites for hydroxylation is 1. The number of carbonyl (C=O) groups excluding carboxylic acids is 1. The van der Waals surface area contributed by atoms with Crippen LogP contribution in [0.4, 0.5) is 0 Å². The predicted molar refractivity (Wildman–Crippen MR) is 122 cm³/mol. The molecule has 0 aliphatic carbocycles.